The number of ether oxygens (including phenoxy) is 2. The van der Waals surface area contributed by atoms with Crippen molar-refractivity contribution in [2.75, 3.05) is 34.9 Å². The molecule has 5 nitrogen and oxygen atoms in total. The fraction of sp³-hybridized carbons (Fsp3) is 0.381. The maximum Gasteiger partial charge on any atom is 0.416 e. The molecule has 158 valence electrons. The first-order chi connectivity index (χ1) is 13.6. The maximum atomic E-state index is 12.9. The minimum Gasteiger partial charge on any atom is -0.496 e. The van der Waals surface area contributed by atoms with Crippen LogP contribution in [0.4, 0.5) is 13.2 Å². The SMILES string of the molecule is COc1ccc(OCC(=O)N(C)C)cc1CN(C)Cc1cccc(C(F)(F)F)c1. The Morgan fingerprint density at radius 3 is 2.38 bits per heavy atom. The largest absolute Gasteiger partial charge is 0.496 e. The number of rotatable bonds is 8. The van der Waals surface area contributed by atoms with Gasteiger partial charge in [0, 0.05) is 32.7 Å². The molecule has 0 unspecified atom stereocenters. The molecule has 0 aromatic heterocycles. The number of likely N-dealkylation sites (N-methyl/N-ethyl adjacent to an activating group) is 1. The molecular weight excluding hydrogens is 385 g/mol. The summed E-state index contributed by atoms with van der Waals surface area (Å²) in [6.07, 6.45) is -4.37. The number of alkyl halides is 3. The van der Waals surface area contributed by atoms with Crippen LogP contribution in [0.15, 0.2) is 42.5 Å². The van der Waals surface area contributed by atoms with E-state index in [1.807, 2.05) is 11.9 Å². The van der Waals surface area contributed by atoms with Gasteiger partial charge in [-0.25, -0.2) is 0 Å². The Kier molecular flexibility index (Phi) is 7.50. The van der Waals surface area contributed by atoms with Crippen molar-refractivity contribution in [1.82, 2.24) is 9.80 Å². The van der Waals surface area contributed by atoms with Gasteiger partial charge in [0.05, 0.1) is 12.7 Å². The fourth-order valence-corrected chi connectivity index (χ4v) is 2.75. The summed E-state index contributed by atoms with van der Waals surface area (Å²) in [6, 6.07) is 10.5. The molecular formula is C21H25F3N2O3. The second kappa shape index (κ2) is 9.65. The van der Waals surface area contributed by atoms with Crippen LogP contribution in [0.2, 0.25) is 0 Å². The quantitative estimate of drug-likeness (QED) is 0.664. The number of hydrogen-bond donors (Lipinski definition) is 0. The summed E-state index contributed by atoms with van der Waals surface area (Å²) in [5.41, 5.74) is 0.698. The van der Waals surface area contributed by atoms with Gasteiger partial charge in [-0.2, -0.15) is 13.2 Å². The lowest BCUT2D eigenvalue weighted by Crippen LogP contribution is -2.27. The highest BCUT2D eigenvalue weighted by molar-refractivity contribution is 5.77. The number of halogens is 3. The van der Waals surface area contributed by atoms with E-state index in [0.29, 0.717) is 30.2 Å². The van der Waals surface area contributed by atoms with Gasteiger partial charge in [0.15, 0.2) is 6.61 Å². The molecule has 0 spiro atoms. The lowest BCUT2D eigenvalue weighted by molar-refractivity contribution is -0.137. The molecule has 0 saturated carbocycles. The normalized spacial score (nSPS) is 11.4. The Hall–Kier alpha value is -2.74. The van der Waals surface area contributed by atoms with Crippen LogP contribution in [0.1, 0.15) is 16.7 Å². The Labute approximate surface area is 168 Å². The number of methoxy groups -OCH3 is 1. The molecule has 1 amide bonds. The zero-order valence-electron chi connectivity index (χ0n) is 16.9. The van der Waals surface area contributed by atoms with Crippen molar-refractivity contribution in [3.05, 3.63) is 59.2 Å². The summed E-state index contributed by atoms with van der Waals surface area (Å²) >= 11 is 0. The predicted octanol–water partition coefficient (Wildman–Crippen LogP) is 3.81. The standard InChI is InChI=1S/C21H25F3N2O3/c1-25(2)20(27)14-29-18-8-9-19(28-4)16(11-18)13-26(3)12-15-6-5-7-17(10-15)21(22,23)24/h5-11H,12-14H2,1-4H3. The van der Waals surface area contributed by atoms with Crippen LogP contribution in [-0.4, -0.2) is 50.6 Å². The summed E-state index contributed by atoms with van der Waals surface area (Å²) in [5.74, 6) is 0.986. The number of carbonyl (C=O) groups excluding carboxylic acids is 1. The smallest absolute Gasteiger partial charge is 0.416 e. The molecule has 0 aliphatic heterocycles. The number of benzene rings is 2. The highest BCUT2D eigenvalue weighted by Gasteiger charge is 2.30. The molecule has 0 heterocycles. The van der Waals surface area contributed by atoms with Crippen LogP contribution in [0.5, 0.6) is 11.5 Å². The van der Waals surface area contributed by atoms with Gasteiger partial charge in [0.25, 0.3) is 5.91 Å². The van der Waals surface area contributed by atoms with Gasteiger partial charge in [-0.05, 0) is 36.9 Å². The Morgan fingerprint density at radius 2 is 1.76 bits per heavy atom. The Bertz CT molecular complexity index is 838. The molecule has 0 atom stereocenters. The Morgan fingerprint density at radius 1 is 1.03 bits per heavy atom. The van der Waals surface area contributed by atoms with E-state index < -0.39 is 11.7 Å². The molecule has 8 heteroatoms. The number of hydrogen-bond acceptors (Lipinski definition) is 4. The molecule has 2 aromatic rings. The fourth-order valence-electron chi connectivity index (χ4n) is 2.75. The zero-order valence-corrected chi connectivity index (χ0v) is 16.9. The second-order valence-corrected chi connectivity index (χ2v) is 6.92. The van der Waals surface area contributed by atoms with E-state index in [1.54, 1.807) is 45.5 Å². The molecule has 0 bridgehead atoms. The van der Waals surface area contributed by atoms with E-state index in [0.717, 1.165) is 17.7 Å². The lowest BCUT2D eigenvalue weighted by Gasteiger charge is -2.20. The van der Waals surface area contributed by atoms with Crippen LogP contribution in [0, 0.1) is 0 Å². The minimum atomic E-state index is -4.37. The van der Waals surface area contributed by atoms with Crippen molar-refractivity contribution in [3.8, 4) is 11.5 Å². The van der Waals surface area contributed by atoms with E-state index in [9.17, 15) is 18.0 Å². The van der Waals surface area contributed by atoms with Crippen LogP contribution >= 0.6 is 0 Å². The molecule has 0 fully saturated rings. The first kappa shape index (κ1) is 22.5. The molecule has 29 heavy (non-hydrogen) atoms. The molecule has 0 saturated heterocycles. The van der Waals surface area contributed by atoms with Crippen molar-refractivity contribution >= 4 is 5.91 Å². The number of amides is 1. The van der Waals surface area contributed by atoms with E-state index in [2.05, 4.69) is 0 Å². The molecule has 0 aliphatic carbocycles. The van der Waals surface area contributed by atoms with Gasteiger partial charge in [0.1, 0.15) is 11.5 Å². The summed E-state index contributed by atoms with van der Waals surface area (Å²) in [6.45, 7) is 0.675. The maximum absolute atomic E-state index is 12.9. The first-order valence-corrected chi connectivity index (χ1v) is 8.94. The van der Waals surface area contributed by atoms with Gasteiger partial charge in [-0.15, -0.1) is 0 Å². The first-order valence-electron chi connectivity index (χ1n) is 8.94. The van der Waals surface area contributed by atoms with Crippen molar-refractivity contribution < 1.29 is 27.4 Å². The zero-order chi connectivity index (χ0) is 21.6. The lowest BCUT2D eigenvalue weighted by atomic mass is 10.1. The number of nitrogens with zero attached hydrogens (tertiary/aromatic N) is 2. The van der Waals surface area contributed by atoms with E-state index in [1.165, 1.54) is 11.0 Å². The van der Waals surface area contributed by atoms with Crippen LogP contribution in [0.3, 0.4) is 0 Å². The second-order valence-electron chi connectivity index (χ2n) is 6.92. The summed E-state index contributed by atoms with van der Waals surface area (Å²) in [4.78, 5) is 15.0. The van der Waals surface area contributed by atoms with Crippen molar-refractivity contribution in [1.29, 1.82) is 0 Å². The average molecular weight is 410 g/mol. The van der Waals surface area contributed by atoms with Crippen molar-refractivity contribution in [2.24, 2.45) is 0 Å². The van der Waals surface area contributed by atoms with Crippen LogP contribution in [0.25, 0.3) is 0 Å². The van der Waals surface area contributed by atoms with E-state index in [-0.39, 0.29) is 12.5 Å². The third kappa shape index (κ3) is 6.67. The van der Waals surface area contributed by atoms with Gasteiger partial charge < -0.3 is 14.4 Å². The topological polar surface area (TPSA) is 42.0 Å². The average Bonchev–Trinajstić information content (AvgIpc) is 2.65. The highest BCUT2D eigenvalue weighted by Crippen LogP contribution is 2.30. The molecule has 2 aromatic carbocycles. The van der Waals surface area contributed by atoms with Crippen molar-refractivity contribution in [3.63, 3.8) is 0 Å². The molecule has 2 rings (SSSR count). The highest BCUT2D eigenvalue weighted by atomic mass is 19.4. The van der Waals surface area contributed by atoms with Gasteiger partial charge in [0.2, 0.25) is 0 Å². The monoisotopic (exact) mass is 410 g/mol. The van der Waals surface area contributed by atoms with E-state index in [4.69, 9.17) is 9.47 Å². The molecule has 0 N–H and O–H groups in total. The summed E-state index contributed by atoms with van der Waals surface area (Å²) < 4.78 is 49.6. The number of carbonyl (C=O) groups is 1. The Balaban J connectivity index is 2.09. The summed E-state index contributed by atoms with van der Waals surface area (Å²) in [5, 5.41) is 0. The minimum absolute atomic E-state index is 0.0845. The molecule has 0 radical (unpaired) electrons. The molecule has 0 aliphatic rings. The van der Waals surface area contributed by atoms with Crippen LogP contribution in [-0.2, 0) is 24.1 Å². The van der Waals surface area contributed by atoms with Gasteiger partial charge in [-0.3, -0.25) is 9.69 Å². The van der Waals surface area contributed by atoms with E-state index >= 15 is 0 Å². The third-order valence-corrected chi connectivity index (χ3v) is 4.26. The predicted molar refractivity (Wildman–Crippen MR) is 104 cm³/mol. The summed E-state index contributed by atoms with van der Waals surface area (Å²) in [7, 11) is 6.65. The van der Waals surface area contributed by atoms with Gasteiger partial charge in [-0.1, -0.05) is 18.2 Å². The van der Waals surface area contributed by atoms with Gasteiger partial charge >= 0.3 is 6.18 Å². The third-order valence-electron chi connectivity index (χ3n) is 4.26. The van der Waals surface area contributed by atoms with Crippen LogP contribution < -0.4 is 9.47 Å². The van der Waals surface area contributed by atoms with Crippen molar-refractivity contribution in [2.45, 2.75) is 19.3 Å².